The van der Waals surface area contributed by atoms with E-state index in [-0.39, 0.29) is 24.9 Å². The third-order valence-electron chi connectivity index (χ3n) is 2.94. The van der Waals surface area contributed by atoms with Gasteiger partial charge < -0.3 is 14.8 Å². The molecule has 0 spiro atoms. The number of nitrogens with one attached hydrogen (secondary N) is 1. The average Bonchev–Trinajstić information content (AvgIpc) is 2.94. The van der Waals surface area contributed by atoms with Gasteiger partial charge in [0.25, 0.3) is 0 Å². The molecule has 112 valence electrons. The molecular weight excluding hydrogens is 292 g/mol. The predicted molar refractivity (Wildman–Crippen MR) is 79.9 cm³/mol. The van der Waals surface area contributed by atoms with Gasteiger partial charge in [-0.2, -0.15) is 0 Å². The van der Waals surface area contributed by atoms with Gasteiger partial charge in [0.05, 0.1) is 12.1 Å². The van der Waals surface area contributed by atoms with Gasteiger partial charge in [-0.15, -0.1) is 0 Å². The number of rotatable bonds is 6. The maximum atomic E-state index is 11.7. The lowest BCUT2D eigenvalue weighted by atomic mass is 10.2. The quantitative estimate of drug-likeness (QED) is 0.858. The standard InChI is InChI=1S/C15H17ClN2O3/c1-10(8-19)7-17-14(20)6-13-9-21-15(18-13)11-2-4-12(16)5-3-11/h2-5,9-10,19H,6-8H2,1H3,(H,17,20). The number of amides is 1. The summed E-state index contributed by atoms with van der Waals surface area (Å²) in [6, 6.07) is 7.12. The van der Waals surface area contributed by atoms with Gasteiger partial charge in [0.2, 0.25) is 11.8 Å². The van der Waals surface area contributed by atoms with Gasteiger partial charge in [0.1, 0.15) is 6.26 Å². The number of nitrogens with zero attached hydrogens (tertiary/aromatic N) is 1. The van der Waals surface area contributed by atoms with Gasteiger partial charge in [-0.1, -0.05) is 18.5 Å². The van der Waals surface area contributed by atoms with E-state index in [9.17, 15) is 4.79 Å². The highest BCUT2D eigenvalue weighted by molar-refractivity contribution is 6.30. The first-order valence-corrected chi connectivity index (χ1v) is 7.04. The molecule has 0 fully saturated rings. The van der Waals surface area contributed by atoms with E-state index in [1.807, 2.05) is 6.92 Å². The minimum Gasteiger partial charge on any atom is -0.444 e. The zero-order valence-electron chi connectivity index (χ0n) is 11.7. The first-order valence-electron chi connectivity index (χ1n) is 6.66. The third kappa shape index (κ3) is 4.58. The van der Waals surface area contributed by atoms with E-state index in [1.165, 1.54) is 6.26 Å². The van der Waals surface area contributed by atoms with E-state index in [1.54, 1.807) is 24.3 Å². The van der Waals surface area contributed by atoms with Crippen LogP contribution in [0, 0.1) is 5.92 Å². The number of aromatic nitrogens is 1. The average molecular weight is 309 g/mol. The summed E-state index contributed by atoms with van der Waals surface area (Å²) in [5.74, 6) is 0.348. The van der Waals surface area contributed by atoms with Gasteiger partial charge in [0, 0.05) is 23.7 Å². The predicted octanol–water partition coefficient (Wildman–Crippen LogP) is 2.28. The molecule has 1 aromatic carbocycles. The summed E-state index contributed by atoms with van der Waals surface area (Å²) in [4.78, 5) is 16.0. The molecule has 0 aliphatic heterocycles. The minimum absolute atomic E-state index is 0.0379. The Morgan fingerprint density at radius 3 is 2.81 bits per heavy atom. The molecule has 0 saturated carbocycles. The number of oxazole rings is 1. The van der Waals surface area contributed by atoms with Crippen molar-refractivity contribution in [2.24, 2.45) is 5.92 Å². The van der Waals surface area contributed by atoms with Crippen LogP contribution in [-0.4, -0.2) is 29.1 Å². The van der Waals surface area contributed by atoms with E-state index >= 15 is 0 Å². The topological polar surface area (TPSA) is 75.4 Å². The zero-order chi connectivity index (χ0) is 15.2. The van der Waals surface area contributed by atoms with Crippen LogP contribution in [0.3, 0.4) is 0 Å². The Bertz CT molecular complexity index is 595. The van der Waals surface area contributed by atoms with Gasteiger partial charge in [-0.25, -0.2) is 4.98 Å². The number of benzene rings is 1. The summed E-state index contributed by atoms with van der Waals surface area (Å²) < 4.78 is 5.36. The fourth-order valence-electron chi connectivity index (χ4n) is 1.69. The molecule has 1 amide bonds. The highest BCUT2D eigenvalue weighted by Crippen LogP contribution is 2.20. The monoisotopic (exact) mass is 308 g/mol. The number of hydrogen-bond donors (Lipinski definition) is 2. The van der Waals surface area contributed by atoms with Crippen molar-refractivity contribution < 1.29 is 14.3 Å². The van der Waals surface area contributed by atoms with Crippen molar-refractivity contribution in [1.29, 1.82) is 0 Å². The highest BCUT2D eigenvalue weighted by atomic mass is 35.5. The lowest BCUT2D eigenvalue weighted by Crippen LogP contribution is -2.30. The van der Waals surface area contributed by atoms with Gasteiger partial charge in [0.15, 0.2) is 0 Å². The molecule has 2 N–H and O–H groups in total. The van der Waals surface area contributed by atoms with Gasteiger partial charge in [-0.05, 0) is 30.2 Å². The van der Waals surface area contributed by atoms with Crippen LogP contribution in [0.25, 0.3) is 11.5 Å². The first-order chi connectivity index (χ1) is 10.1. The molecule has 1 unspecified atom stereocenters. The van der Waals surface area contributed by atoms with Crippen LogP contribution >= 0.6 is 11.6 Å². The van der Waals surface area contributed by atoms with Crippen molar-refractivity contribution in [3.05, 3.63) is 41.2 Å². The SMILES string of the molecule is CC(CO)CNC(=O)Cc1coc(-c2ccc(Cl)cc2)n1. The van der Waals surface area contributed by atoms with E-state index in [0.717, 1.165) is 5.56 Å². The van der Waals surface area contributed by atoms with Crippen LogP contribution in [0.1, 0.15) is 12.6 Å². The Kier molecular flexibility index (Phi) is 5.36. The smallest absolute Gasteiger partial charge is 0.226 e. The summed E-state index contributed by atoms with van der Waals surface area (Å²) in [6.07, 6.45) is 1.62. The number of carbonyl (C=O) groups is 1. The van der Waals surface area contributed by atoms with Crippen LogP contribution in [-0.2, 0) is 11.2 Å². The second-order valence-corrected chi connectivity index (χ2v) is 5.36. The number of aliphatic hydroxyl groups is 1. The van der Waals surface area contributed by atoms with Crippen LogP contribution < -0.4 is 5.32 Å². The fourth-order valence-corrected chi connectivity index (χ4v) is 1.82. The Hall–Kier alpha value is -1.85. The highest BCUT2D eigenvalue weighted by Gasteiger charge is 2.11. The molecule has 1 atom stereocenters. The molecule has 5 nitrogen and oxygen atoms in total. The zero-order valence-corrected chi connectivity index (χ0v) is 12.4. The Morgan fingerprint density at radius 1 is 1.43 bits per heavy atom. The van der Waals surface area contributed by atoms with Crippen molar-refractivity contribution in [1.82, 2.24) is 10.3 Å². The van der Waals surface area contributed by atoms with Gasteiger partial charge in [-0.3, -0.25) is 4.79 Å². The van der Waals surface area contributed by atoms with Crippen molar-refractivity contribution in [2.75, 3.05) is 13.2 Å². The maximum Gasteiger partial charge on any atom is 0.226 e. The second-order valence-electron chi connectivity index (χ2n) is 4.92. The number of halogens is 1. The molecule has 1 heterocycles. The third-order valence-corrected chi connectivity index (χ3v) is 3.20. The molecule has 0 aliphatic carbocycles. The molecule has 0 saturated heterocycles. The summed E-state index contributed by atoms with van der Waals surface area (Å²) in [5.41, 5.74) is 1.37. The van der Waals surface area contributed by atoms with E-state index in [0.29, 0.717) is 23.2 Å². The van der Waals surface area contributed by atoms with Crippen molar-refractivity contribution >= 4 is 17.5 Å². The molecular formula is C15H17ClN2O3. The largest absolute Gasteiger partial charge is 0.444 e. The van der Waals surface area contributed by atoms with E-state index < -0.39 is 0 Å². The van der Waals surface area contributed by atoms with E-state index in [2.05, 4.69) is 10.3 Å². The van der Waals surface area contributed by atoms with Crippen molar-refractivity contribution in [2.45, 2.75) is 13.3 Å². The summed E-state index contributed by atoms with van der Waals surface area (Å²) in [5, 5.41) is 12.3. The molecule has 1 aromatic heterocycles. The summed E-state index contributed by atoms with van der Waals surface area (Å²) in [6.45, 7) is 2.34. The Balaban J connectivity index is 1.94. The molecule has 2 rings (SSSR count). The molecule has 0 radical (unpaired) electrons. The van der Waals surface area contributed by atoms with Crippen LogP contribution in [0.2, 0.25) is 5.02 Å². The second kappa shape index (κ2) is 7.24. The van der Waals surface area contributed by atoms with Crippen molar-refractivity contribution in [3.63, 3.8) is 0 Å². The van der Waals surface area contributed by atoms with Crippen LogP contribution in [0.4, 0.5) is 0 Å². The minimum atomic E-state index is -0.147. The molecule has 2 aromatic rings. The fraction of sp³-hybridized carbons (Fsp3) is 0.333. The summed E-state index contributed by atoms with van der Waals surface area (Å²) in [7, 11) is 0. The maximum absolute atomic E-state index is 11.7. The van der Waals surface area contributed by atoms with E-state index in [4.69, 9.17) is 21.1 Å². The molecule has 0 aliphatic rings. The summed E-state index contributed by atoms with van der Waals surface area (Å²) >= 11 is 5.82. The van der Waals surface area contributed by atoms with Crippen LogP contribution in [0.15, 0.2) is 34.9 Å². The van der Waals surface area contributed by atoms with Gasteiger partial charge >= 0.3 is 0 Å². The number of hydrogen-bond acceptors (Lipinski definition) is 4. The van der Waals surface area contributed by atoms with Crippen LogP contribution in [0.5, 0.6) is 0 Å². The number of carbonyl (C=O) groups excluding carboxylic acids is 1. The lowest BCUT2D eigenvalue weighted by molar-refractivity contribution is -0.120. The van der Waals surface area contributed by atoms with Crippen molar-refractivity contribution in [3.8, 4) is 11.5 Å². The number of aliphatic hydroxyl groups excluding tert-OH is 1. The Labute approximate surface area is 128 Å². The molecule has 6 heteroatoms. The molecule has 0 bridgehead atoms. The lowest BCUT2D eigenvalue weighted by Gasteiger charge is -2.08. The Morgan fingerprint density at radius 2 is 2.14 bits per heavy atom. The normalized spacial score (nSPS) is 12.1. The molecule has 21 heavy (non-hydrogen) atoms. The first kappa shape index (κ1) is 15.5.